The van der Waals surface area contributed by atoms with E-state index in [9.17, 15) is 0 Å². The second-order valence-electron chi connectivity index (χ2n) is 3.97. The molecule has 2 nitrogen and oxygen atoms in total. The highest BCUT2D eigenvalue weighted by Crippen LogP contribution is 2.27. The molecule has 1 heterocycles. The lowest BCUT2D eigenvalue weighted by molar-refractivity contribution is 0.0853. The Morgan fingerprint density at radius 2 is 2.13 bits per heavy atom. The zero-order valence-corrected chi connectivity index (χ0v) is 8.78. The van der Waals surface area contributed by atoms with Gasteiger partial charge in [0.05, 0.1) is 12.5 Å². The maximum Gasteiger partial charge on any atom is 0.0669 e. The minimum absolute atomic E-state index is 0.511. The lowest BCUT2D eigenvalue weighted by atomic mass is 9.90. The van der Waals surface area contributed by atoms with Crippen molar-refractivity contribution in [3.8, 4) is 6.07 Å². The van der Waals surface area contributed by atoms with Crippen LogP contribution in [0.5, 0.6) is 0 Å². The molecule has 1 aliphatic rings. The molecule has 0 aromatic heterocycles. The van der Waals surface area contributed by atoms with Crippen LogP contribution in [0.2, 0.25) is 0 Å². The van der Waals surface area contributed by atoms with Crippen LogP contribution >= 0.6 is 0 Å². The molecule has 0 aliphatic carbocycles. The van der Waals surface area contributed by atoms with E-state index in [1.165, 1.54) is 5.56 Å². The Morgan fingerprint density at radius 3 is 2.87 bits per heavy atom. The molecule has 78 valence electrons. The molecule has 15 heavy (non-hydrogen) atoms. The highest BCUT2D eigenvalue weighted by molar-refractivity contribution is 5.28. The third-order valence-corrected chi connectivity index (χ3v) is 2.93. The zero-order chi connectivity index (χ0) is 10.5. The molecule has 0 spiro atoms. The first-order valence-electron chi connectivity index (χ1n) is 5.43. The van der Waals surface area contributed by atoms with E-state index in [1.807, 2.05) is 6.07 Å². The highest BCUT2D eigenvalue weighted by Gasteiger charge is 2.15. The van der Waals surface area contributed by atoms with Crippen LogP contribution in [-0.2, 0) is 11.2 Å². The summed E-state index contributed by atoms with van der Waals surface area (Å²) >= 11 is 0. The van der Waals surface area contributed by atoms with E-state index < -0.39 is 0 Å². The lowest BCUT2D eigenvalue weighted by Crippen LogP contribution is -2.14. The predicted molar refractivity (Wildman–Crippen MR) is 58.6 cm³/mol. The molecule has 2 heteroatoms. The summed E-state index contributed by atoms with van der Waals surface area (Å²) in [6.45, 7) is 1.74. The number of nitrogens with zero attached hydrogens (tertiary/aromatic N) is 1. The molecule has 0 bridgehead atoms. The number of hydrogen-bond acceptors (Lipinski definition) is 2. The monoisotopic (exact) mass is 201 g/mol. The Kier molecular flexibility index (Phi) is 3.37. The van der Waals surface area contributed by atoms with E-state index in [0.717, 1.165) is 31.6 Å². The first-order valence-corrected chi connectivity index (χ1v) is 5.43. The van der Waals surface area contributed by atoms with Gasteiger partial charge in [0, 0.05) is 13.2 Å². The van der Waals surface area contributed by atoms with Crippen molar-refractivity contribution in [1.29, 1.82) is 5.26 Å². The van der Waals surface area contributed by atoms with Gasteiger partial charge in [-0.1, -0.05) is 24.3 Å². The van der Waals surface area contributed by atoms with Crippen LogP contribution in [0.25, 0.3) is 0 Å². The van der Waals surface area contributed by atoms with Crippen molar-refractivity contribution >= 4 is 0 Å². The van der Waals surface area contributed by atoms with Gasteiger partial charge >= 0.3 is 0 Å². The van der Waals surface area contributed by atoms with E-state index in [2.05, 4.69) is 24.3 Å². The van der Waals surface area contributed by atoms with Gasteiger partial charge in [0.25, 0.3) is 0 Å². The summed E-state index contributed by atoms with van der Waals surface area (Å²) in [6, 6.07) is 10.6. The van der Waals surface area contributed by atoms with Crippen LogP contribution in [0, 0.1) is 11.3 Å². The van der Waals surface area contributed by atoms with Crippen molar-refractivity contribution in [3.05, 3.63) is 35.4 Å². The van der Waals surface area contributed by atoms with Crippen molar-refractivity contribution in [2.24, 2.45) is 0 Å². The number of rotatable bonds is 2. The molecule has 1 fully saturated rings. The molecule has 0 amide bonds. The second kappa shape index (κ2) is 4.95. The van der Waals surface area contributed by atoms with Crippen molar-refractivity contribution in [2.45, 2.75) is 25.2 Å². The number of ether oxygens (including phenoxy) is 1. The number of nitriles is 1. The normalized spacial score (nSPS) is 17.3. The summed E-state index contributed by atoms with van der Waals surface area (Å²) in [5, 5.41) is 8.65. The Hall–Kier alpha value is -1.33. The smallest absolute Gasteiger partial charge is 0.0669 e. The maximum absolute atomic E-state index is 8.65. The van der Waals surface area contributed by atoms with Gasteiger partial charge < -0.3 is 4.74 Å². The summed E-state index contributed by atoms with van der Waals surface area (Å²) in [5.41, 5.74) is 2.49. The molecule has 0 unspecified atom stereocenters. The summed E-state index contributed by atoms with van der Waals surface area (Å²) < 4.78 is 5.35. The molecule has 1 aromatic rings. The van der Waals surface area contributed by atoms with Gasteiger partial charge in [-0.3, -0.25) is 0 Å². The van der Waals surface area contributed by atoms with E-state index in [-0.39, 0.29) is 0 Å². The Morgan fingerprint density at radius 1 is 1.33 bits per heavy atom. The molecule has 1 saturated heterocycles. The van der Waals surface area contributed by atoms with Gasteiger partial charge in [0.2, 0.25) is 0 Å². The summed E-state index contributed by atoms with van der Waals surface area (Å²) in [7, 11) is 0. The van der Waals surface area contributed by atoms with Gasteiger partial charge in [-0.15, -0.1) is 0 Å². The van der Waals surface area contributed by atoms with Crippen LogP contribution in [0.15, 0.2) is 24.3 Å². The zero-order valence-electron chi connectivity index (χ0n) is 8.78. The first kappa shape index (κ1) is 10.2. The largest absolute Gasteiger partial charge is 0.381 e. The third-order valence-electron chi connectivity index (χ3n) is 2.93. The van der Waals surface area contributed by atoms with E-state index in [0.29, 0.717) is 12.3 Å². The highest BCUT2D eigenvalue weighted by atomic mass is 16.5. The fraction of sp³-hybridized carbons (Fsp3) is 0.462. The summed E-state index contributed by atoms with van der Waals surface area (Å²) in [6.07, 6.45) is 2.73. The van der Waals surface area contributed by atoms with E-state index in [4.69, 9.17) is 10.00 Å². The van der Waals surface area contributed by atoms with Gasteiger partial charge in [-0.2, -0.15) is 5.26 Å². The predicted octanol–water partition coefficient (Wildman–Crippen LogP) is 2.65. The molecule has 0 saturated carbocycles. The topological polar surface area (TPSA) is 33.0 Å². The Balaban J connectivity index is 2.13. The fourth-order valence-corrected chi connectivity index (χ4v) is 2.08. The Labute approximate surface area is 90.5 Å². The second-order valence-corrected chi connectivity index (χ2v) is 3.97. The molecule has 1 aromatic carbocycles. The van der Waals surface area contributed by atoms with Crippen LogP contribution in [0.3, 0.4) is 0 Å². The standard InChI is InChI=1S/C13H15NO/c14-7-4-11-2-1-3-13(10-11)12-5-8-15-9-6-12/h1-3,10,12H,4-6,8-9H2. The minimum Gasteiger partial charge on any atom is -0.381 e. The fourth-order valence-electron chi connectivity index (χ4n) is 2.08. The quantitative estimate of drug-likeness (QED) is 0.737. The summed E-state index contributed by atoms with van der Waals surface area (Å²) in [4.78, 5) is 0. The van der Waals surface area contributed by atoms with E-state index >= 15 is 0 Å². The number of hydrogen-bond donors (Lipinski definition) is 0. The summed E-state index contributed by atoms with van der Waals surface area (Å²) in [5.74, 6) is 0.623. The van der Waals surface area contributed by atoms with Crippen LogP contribution < -0.4 is 0 Å². The van der Waals surface area contributed by atoms with Gasteiger partial charge in [0.15, 0.2) is 0 Å². The third kappa shape index (κ3) is 2.57. The van der Waals surface area contributed by atoms with Crippen molar-refractivity contribution in [1.82, 2.24) is 0 Å². The molecule has 0 N–H and O–H groups in total. The average molecular weight is 201 g/mol. The SMILES string of the molecule is N#CCc1cccc(C2CCOCC2)c1. The van der Waals surface area contributed by atoms with E-state index in [1.54, 1.807) is 0 Å². The first-order chi connectivity index (χ1) is 7.40. The van der Waals surface area contributed by atoms with Gasteiger partial charge in [-0.25, -0.2) is 0 Å². The minimum atomic E-state index is 0.511. The lowest BCUT2D eigenvalue weighted by Gasteiger charge is -2.22. The average Bonchev–Trinajstić information content (AvgIpc) is 2.31. The van der Waals surface area contributed by atoms with Gasteiger partial charge in [-0.05, 0) is 29.9 Å². The molecular formula is C13H15NO. The van der Waals surface area contributed by atoms with Crippen LogP contribution in [0.4, 0.5) is 0 Å². The van der Waals surface area contributed by atoms with Gasteiger partial charge in [0.1, 0.15) is 0 Å². The van der Waals surface area contributed by atoms with Crippen molar-refractivity contribution < 1.29 is 4.74 Å². The molecular weight excluding hydrogens is 186 g/mol. The molecule has 1 aliphatic heterocycles. The Bertz CT molecular complexity index is 361. The van der Waals surface area contributed by atoms with Crippen LogP contribution in [-0.4, -0.2) is 13.2 Å². The van der Waals surface area contributed by atoms with Crippen molar-refractivity contribution in [3.63, 3.8) is 0 Å². The van der Waals surface area contributed by atoms with Crippen molar-refractivity contribution in [2.75, 3.05) is 13.2 Å². The maximum atomic E-state index is 8.65. The van der Waals surface area contributed by atoms with Crippen LogP contribution in [0.1, 0.15) is 29.9 Å². The molecule has 2 rings (SSSR count). The molecule has 0 radical (unpaired) electrons. The number of benzene rings is 1. The molecule has 0 atom stereocenters.